The number of nitrogens with one attached hydrogen (secondary N) is 2. The first-order valence-electron chi connectivity index (χ1n) is 8.12. The van der Waals surface area contributed by atoms with E-state index in [0.717, 1.165) is 42.7 Å². The zero-order chi connectivity index (χ0) is 16.2. The van der Waals surface area contributed by atoms with Crippen molar-refractivity contribution in [1.82, 2.24) is 0 Å². The molecule has 0 radical (unpaired) electrons. The van der Waals surface area contributed by atoms with E-state index in [-0.39, 0.29) is 11.9 Å². The van der Waals surface area contributed by atoms with Crippen LogP contribution in [0.3, 0.4) is 0 Å². The van der Waals surface area contributed by atoms with Crippen molar-refractivity contribution in [2.24, 2.45) is 0 Å². The highest BCUT2D eigenvalue weighted by Gasteiger charge is 2.35. The average Bonchev–Trinajstić information content (AvgIpc) is 3.06. The molecule has 0 unspecified atom stereocenters. The first-order chi connectivity index (χ1) is 11.2. The van der Waals surface area contributed by atoms with Gasteiger partial charge in [0.1, 0.15) is 0 Å². The number of amides is 1. The van der Waals surface area contributed by atoms with Gasteiger partial charge in [-0.2, -0.15) is 0 Å². The second-order valence-corrected chi connectivity index (χ2v) is 6.53. The summed E-state index contributed by atoms with van der Waals surface area (Å²) < 4.78 is 0. The maximum Gasteiger partial charge on any atom is 0.287 e. The minimum absolute atomic E-state index is 0.0179. The number of para-hydroxylation sites is 1. The molecule has 23 heavy (non-hydrogen) atoms. The summed E-state index contributed by atoms with van der Waals surface area (Å²) in [6.45, 7) is 4.02. The number of benzene rings is 2. The Morgan fingerprint density at radius 2 is 1.74 bits per heavy atom. The van der Waals surface area contributed by atoms with E-state index in [1.807, 2.05) is 55.5 Å². The highest BCUT2D eigenvalue weighted by molar-refractivity contribution is 6.31. The molecule has 1 amide bonds. The molecule has 2 N–H and O–H groups in total. The molecule has 2 aromatic carbocycles. The van der Waals surface area contributed by atoms with Crippen molar-refractivity contribution >= 4 is 23.2 Å². The monoisotopic (exact) mass is 329 g/mol. The molecule has 1 fully saturated rings. The van der Waals surface area contributed by atoms with Crippen molar-refractivity contribution in [3.63, 3.8) is 0 Å². The Morgan fingerprint density at radius 3 is 2.43 bits per heavy atom. The van der Waals surface area contributed by atoms with Gasteiger partial charge in [0, 0.05) is 24.1 Å². The fourth-order valence-corrected chi connectivity index (χ4v) is 3.54. The van der Waals surface area contributed by atoms with Crippen LogP contribution < -0.4 is 10.2 Å². The van der Waals surface area contributed by atoms with Crippen molar-refractivity contribution < 1.29 is 9.69 Å². The molecule has 1 saturated heterocycles. The average molecular weight is 330 g/mol. The number of aryl methyl sites for hydroxylation is 1. The fraction of sp³-hybridized carbons (Fsp3) is 0.316. The Kier molecular flexibility index (Phi) is 4.99. The van der Waals surface area contributed by atoms with Gasteiger partial charge < -0.3 is 10.2 Å². The third-order valence-electron chi connectivity index (χ3n) is 4.54. The zero-order valence-electron chi connectivity index (χ0n) is 13.3. The molecule has 1 aliphatic heterocycles. The molecule has 4 heteroatoms. The van der Waals surface area contributed by atoms with Crippen LogP contribution in [0.1, 0.15) is 30.0 Å². The normalized spacial score (nSPS) is 16.3. The second kappa shape index (κ2) is 7.16. The number of anilines is 1. The number of halogens is 1. The molecule has 0 aromatic heterocycles. The van der Waals surface area contributed by atoms with Crippen LogP contribution in [-0.2, 0) is 4.79 Å². The van der Waals surface area contributed by atoms with Crippen molar-refractivity contribution in [1.29, 1.82) is 0 Å². The Labute approximate surface area is 142 Å². The van der Waals surface area contributed by atoms with E-state index < -0.39 is 0 Å². The van der Waals surface area contributed by atoms with Crippen molar-refractivity contribution in [2.75, 3.05) is 18.4 Å². The molecule has 0 aliphatic carbocycles. The summed E-state index contributed by atoms with van der Waals surface area (Å²) in [7, 11) is 0. The Balaban J connectivity index is 1.90. The van der Waals surface area contributed by atoms with Crippen LogP contribution in [0.5, 0.6) is 0 Å². The molecule has 1 heterocycles. The van der Waals surface area contributed by atoms with Gasteiger partial charge in [-0.1, -0.05) is 48.0 Å². The molecule has 0 saturated carbocycles. The van der Waals surface area contributed by atoms with Gasteiger partial charge in [0.15, 0.2) is 6.04 Å². The Morgan fingerprint density at radius 1 is 1.09 bits per heavy atom. The standard InChI is InChI=1S/C19H21ClN2O/c1-14-8-2-5-11-17(14)21-19(23)18(22-12-6-7-13-22)15-9-3-4-10-16(15)20/h2-5,8-11,18H,6-7,12-13H2,1H3,(H,21,23)/p+1/t18-/m0/s1. The largest absolute Gasteiger partial charge is 0.321 e. The van der Waals surface area contributed by atoms with Gasteiger partial charge >= 0.3 is 0 Å². The van der Waals surface area contributed by atoms with Crippen LogP contribution in [0.25, 0.3) is 0 Å². The van der Waals surface area contributed by atoms with E-state index in [2.05, 4.69) is 5.32 Å². The summed E-state index contributed by atoms with van der Waals surface area (Å²) in [5, 5.41) is 3.76. The van der Waals surface area contributed by atoms with Crippen molar-refractivity contribution in [2.45, 2.75) is 25.8 Å². The number of carbonyl (C=O) groups excluding carboxylic acids is 1. The lowest BCUT2D eigenvalue weighted by Crippen LogP contribution is -3.11. The molecular formula is C19H22ClN2O+. The number of hydrogen-bond acceptors (Lipinski definition) is 1. The minimum Gasteiger partial charge on any atom is -0.321 e. The van der Waals surface area contributed by atoms with Crippen molar-refractivity contribution in [3.8, 4) is 0 Å². The van der Waals surface area contributed by atoms with Crippen LogP contribution in [0.2, 0.25) is 5.02 Å². The molecule has 0 bridgehead atoms. The summed E-state index contributed by atoms with van der Waals surface area (Å²) in [4.78, 5) is 14.3. The lowest BCUT2D eigenvalue weighted by Gasteiger charge is -2.25. The number of carbonyl (C=O) groups is 1. The number of hydrogen-bond donors (Lipinski definition) is 2. The van der Waals surface area contributed by atoms with Crippen LogP contribution in [-0.4, -0.2) is 19.0 Å². The summed E-state index contributed by atoms with van der Waals surface area (Å²) >= 11 is 6.38. The Bertz CT molecular complexity index is 695. The highest BCUT2D eigenvalue weighted by Crippen LogP contribution is 2.23. The third-order valence-corrected chi connectivity index (χ3v) is 4.88. The highest BCUT2D eigenvalue weighted by atomic mass is 35.5. The van der Waals surface area contributed by atoms with E-state index >= 15 is 0 Å². The predicted octanol–water partition coefficient (Wildman–Crippen LogP) is 3.01. The molecule has 3 nitrogen and oxygen atoms in total. The van der Waals surface area contributed by atoms with Crippen LogP contribution >= 0.6 is 11.6 Å². The fourth-order valence-electron chi connectivity index (χ4n) is 3.29. The topological polar surface area (TPSA) is 33.5 Å². The molecule has 2 aromatic rings. The molecule has 0 spiro atoms. The quantitative estimate of drug-likeness (QED) is 0.888. The molecule has 120 valence electrons. The summed E-state index contributed by atoms with van der Waals surface area (Å²) in [5.41, 5.74) is 2.85. The number of quaternary nitrogens is 1. The summed E-state index contributed by atoms with van der Waals surface area (Å²) in [6, 6.07) is 15.3. The van der Waals surface area contributed by atoms with E-state index in [9.17, 15) is 4.79 Å². The number of likely N-dealkylation sites (tertiary alicyclic amines) is 1. The van der Waals surface area contributed by atoms with Gasteiger partial charge in [0.2, 0.25) is 0 Å². The van der Waals surface area contributed by atoms with E-state index in [0.29, 0.717) is 5.02 Å². The van der Waals surface area contributed by atoms with Gasteiger partial charge in [-0.05, 0) is 24.6 Å². The summed E-state index contributed by atoms with van der Waals surface area (Å²) in [6.07, 6.45) is 2.32. The lowest BCUT2D eigenvalue weighted by atomic mass is 10.0. The maximum atomic E-state index is 13.0. The summed E-state index contributed by atoms with van der Waals surface area (Å²) in [5.74, 6) is 0.0179. The first kappa shape index (κ1) is 16.0. The van der Waals surface area contributed by atoms with Gasteiger partial charge in [-0.25, -0.2) is 0 Å². The molecule has 1 atom stereocenters. The second-order valence-electron chi connectivity index (χ2n) is 6.12. The predicted molar refractivity (Wildman–Crippen MR) is 93.9 cm³/mol. The van der Waals surface area contributed by atoms with Gasteiger partial charge in [-0.3, -0.25) is 4.79 Å². The maximum absolute atomic E-state index is 13.0. The van der Waals surface area contributed by atoms with Crippen molar-refractivity contribution in [3.05, 3.63) is 64.7 Å². The van der Waals surface area contributed by atoms with E-state index in [1.54, 1.807) is 0 Å². The lowest BCUT2D eigenvalue weighted by molar-refractivity contribution is -0.909. The first-order valence-corrected chi connectivity index (χ1v) is 8.50. The van der Waals surface area contributed by atoms with E-state index in [4.69, 9.17) is 11.6 Å². The van der Waals surface area contributed by atoms with E-state index in [1.165, 1.54) is 4.90 Å². The van der Waals surface area contributed by atoms with Gasteiger partial charge in [-0.15, -0.1) is 0 Å². The minimum atomic E-state index is -0.259. The Hall–Kier alpha value is -1.84. The number of rotatable bonds is 4. The molecule has 1 aliphatic rings. The van der Waals surface area contributed by atoms with Crippen LogP contribution in [0.15, 0.2) is 48.5 Å². The van der Waals surface area contributed by atoms with Crippen LogP contribution in [0, 0.1) is 6.92 Å². The molecular weight excluding hydrogens is 308 g/mol. The SMILES string of the molecule is Cc1ccccc1NC(=O)[C@H](c1ccccc1Cl)[NH+]1CCCC1. The third kappa shape index (κ3) is 3.57. The molecule has 3 rings (SSSR count). The van der Waals surface area contributed by atoms with Crippen LogP contribution in [0.4, 0.5) is 5.69 Å². The van der Waals surface area contributed by atoms with Gasteiger partial charge in [0.05, 0.1) is 18.1 Å². The smallest absolute Gasteiger partial charge is 0.287 e. The zero-order valence-corrected chi connectivity index (χ0v) is 14.1. The van der Waals surface area contributed by atoms with Gasteiger partial charge in [0.25, 0.3) is 5.91 Å².